The predicted molar refractivity (Wildman–Crippen MR) is 202 cm³/mol. The normalized spacial score (nSPS) is 11.8. The molecule has 8 aromatic carbocycles. The smallest absolute Gasteiger partial charge is 0.144 e. The van der Waals surface area contributed by atoms with E-state index in [2.05, 4.69) is 169 Å². The monoisotopic (exact) mass is 617 g/mol. The summed E-state index contributed by atoms with van der Waals surface area (Å²) in [7, 11) is 0. The minimum Gasteiger partial charge on any atom is -0.455 e. The van der Waals surface area contributed by atoms with Gasteiger partial charge in [0.1, 0.15) is 11.2 Å². The molecule has 0 aliphatic rings. The average Bonchev–Trinajstić information content (AvgIpc) is 3.71. The van der Waals surface area contributed by atoms with Crippen molar-refractivity contribution in [1.29, 1.82) is 0 Å². The van der Waals surface area contributed by atoms with Crippen molar-refractivity contribution >= 4 is 92.1 Å². The molecule has 3 heteroatoms. The zero-order valence-electron chi connectivity index (χ0n) is 25.4. The molecule has 220 valence electrons. The Bertz CT molecular complexity index is 2790. The second kappa shape index (κ2) is 10.3. The second-order valence-corrected chi connectivity index (χ2v) is 13.2. The van der Waals surface area contributed by atoms with Gasteiger partial charge in [-0.3, -0.25) is 0 Å². The topological polar surface area (TPSA) is 16.4 Å². The third kappa shape index (κ3) is 4.17. The van der Waals surface area contributed by atoms with E-state index in [1.165, 1.54) is 63.6 Å². The molecule has 2 nitrogen and oxygen atoms in total. The molecule has 0 spiro atoms. The van der Waals surface area contributed by atoms with Crippen LogP contribution in [0, 0.1) is 0 Å². The van der Waals surface area contributed by atoms with Crippen LogP contribution < -0.4 is 4.90 Å². The van der Waals surface area contributed by atoms with Crippen LogP contribution in [-0.2, 0) is 0 Å². The van der Waals surface area contributed by atoms with Crippen molar-refractivity contribution in [2.24, 2.45) is 0 Å². The first kappa shape index (κ1) is 26.3. The Morgan fingerprint density at radius 3 is 1.96 bits per heavy atom. The fourth-order valence-corrected chi connectivity index (χ4v) is 8.27. The lowest BCUT2D eigenvalue weighted by Crippen LogP contribution is -2.09. The van der Waals surface area contributed by atoms with E-state index in [4.69, 9.17) is 4.42 Å². The van der Waals surface area contributed by atoms with Crippen LogP contribution in [0.4, 0.5) is 17.1 Å². The molecule has 47 heavy (non-hydrogen) atoms. The maximum Gasteiger partial charge on any atom is 0.144 e. The molecule has 10 rings (SSSR count). The van der Waals surface area contributed by atoms with Gasteiger partial charge in [-0.2, -0.15) is 0 Å². The number of anilines is 3. The molecule has 0 fully saturated rings. The molecule has 0 bridgehead atoms. The lowest BCUT2D eigenvalue weighted by molar-refractivity contribution is 0.673. The third-order valence-electron chi connectivity index (χ3n) is 9.42. The summed E-state index contributed by atoms with van der Waals surface area (Å²) >= 11 is 1.82. The van der Waals surface area contributed by atoms with Gasteiger partial charge in [0.05, 0.1) is 0 Å². The summed E-state index contributed by atoms with van der Waals surface area (Å²) < 4.78 is 9.17. The van der Waals surface area contributed by atoms with Crippen molar-refractivity contribution in [1.82, 2.24) is 0 Å². The lowest BCUT2D eigenvalue weighted by atomic mass is 10.0. The molecule has 0 aliphatic heterocycles. The van der Waals surface area contributed by atoms with Gasteiger partial charge in [-0.25, -0.2) is 0 Å². The van der Waals surface area contributed by atoms with E-state index in [9.17, 15) is 0 Å². The van der Waals surface area contributed by atoms with E-state index >= 15 is 0 Å². The summed E-state index contributed by atoms with van der Waals surface area (Å²) in [5, 5.41) is 9.72. The van der Waals surface area contributed by atoms with Crippen LogP contribution in [0.15, 0.2) is 168 Å². The Kier molecular flexibility index (Phi) is 5.78. The minimum atomic E-state index is 0.930. The molecule has 0 N–H and O–H groups in total. The maximum absolute atomic E-state index is 6.68. The molecule has 2 heterocycles. The molecule has 10 aromatic rings. The molecule has 0 amide bonds. The molecule has 0 atom stereocenters. The molecule has 0 saturated heterocycles. The van der Waals surface area contributed by atoms with Crippen LogP contribution in [0.1, 0.15) is 0 Å². The fourth-order valence-electron chi connectivity index (χ4n) is 7.19. The van der Waals surface area contributed by atoms with Gasteiger partial charge in [-0.15, -0.1) is 11.3 Å². The van der Waals surface area contributed by atoms with Gasteiger partial charge in [0.15, 0.2) is 0 Å². The Labute approximate surface area is 275 Å². The number of hydrogen-bond acceptors (Lipinski definition) is 3. The number of rotatable bonds is 4. The van der Waals surface area contributed by atoms with Crippen LogP contribution in [0.25, 0.3) is 74.8 Å². The standard InChI is InChI=1S/C44H27NOS/c1-2-11-33(12-3-1)45(34-19-16-29(17-20-34)32-15-14-28-8-4-5-10-31(28)26-32)35-21-24-40-38(27-35)43-41(47-40)25-22-37-42-36-13-7-6-9-30(36)18-23-39(42)46-44(37)43/h1-27H. The number of para-hydroxylation sites is 1. The highest BCUT2D eigenvalue weighted by atomic mass is 32.1. The predicted octanol–water partition coefficient (Wildman–Crippen LogP) is 13.4. The van der Waals surface area contributed by atoms with Gasteiger partial charge in [0, 0.05) is 48.0 Å². The maximum atomic E-state index is 6.68. The lowest BCUT2D eigenvalue weighted by Gasteiger charge is -2.26. The van der Waals surface area contributed by atoms with Gasteiger partial charge < -0.3 is 9.32 Å². The van der Waals surface area contributed by atoms with Crippen LogP contribution in [-0.4, -0.2) is 0 Å². The summed E-state index contributed by atoms with van der Waals surface area (Å²) in [6.45, 7) is 0. The van der Waals surface area contributed by atoms with Crippen molar-refractivity contribution in [2.45, 2.75) is 0 Å². The van der Waals surface area contributed by atoms with Crippen LogP contribution in [0.5, 0.6) is 0 Å². The highest BCUT2D eigenvalue weighted by Crippen LogP contribution is 2.45. The van der Waals surface area contributed by atoms with Crippen molar-refractivity contribution in [3.63, 3.8) is 0 Å². The largest absolute Gasteiger partial charge is 0.455 e. The van der Waals surface area contributed by atoms with E-state index in [-0.39, 0.29) is 0 Å². The SMILES string of the molecule is c1ccc(N(c2ccc(-c3ccc4ccccc4c3)cc2)c2ccc3sc4ccc5c(oc6ccc7ccccc7c65)c4c3c2)cc1. The van der Waals surface area contributed by atoms with Crippen LogP contribution in [0.3, 0.4) is 0 Å². The molecule has 0 unspecified atom stereocenters. The highest BCUT2D eigenvalue weighted by Gasteiger charge is 2.19. The first-order valence-electron chi connectivity index (χ1n) is 15.9. The Hall–Kier alpha value is -5.90. The highest BCUT2D eigenvalue weighted by molar-refractivity contribution is 7.26. The molecule has 0 radical (unpaired) electrons. The van der Waals surface area contributed by atoms with E-state index in [0.717, 1.165) is 28.2 Å². The molecule has 0 saturated carbocycles. The van der Waals surface area contributed by atoms with Gasteiger partial charge >= 0.3 is 0 Å². The van der Waals surface area contributed by atoms with Crippen LogP contribution >= 0.6 is 11.3 Å². The minimum absolute atomic E-state index is 0.930. The van der Waals surface area contributed by atoms with Crippen molar-refractivity contribution in [2.75, 3.05) is 4.90 Å². The van der Waals surface area contributed by atoms with Crippen molar-refractivity contribution < 1.29 is 4.42 Å². The first-order valence-corrected chi connectivity index (χ1v) is 16.7. The number of nitrogens with zero attached hydrogens (tertiary/aromatic N) is 1. The molecular formula is C44H27NOS. The summed E-state index contributed by atoms with van der Waals surface area (Å²) in [6.07, 6.45) is 0. The summed E-state index contributed by atoms with van der Waals surface area (Å²) in [5.74, 6) is 0. The second-order valence-electron chi connectivity index (χ2n) is 12.1. The first-order chi connectivity index (χ1) is 23.3. The quantitative estimate of drug-likeness (QED) is 0.195. The van der Waals surface area contributed by atoms with Crippen molar-refractivity contribution in [3.8, 4) is 11.1 Å². The van der Waals surface area contributed by atoms with Crippen molar-refractivity contribution in [3.05, 3.63) is 164 Å². The fraction of sp³-hybridized carbons (Fsp3) is 0. The summed E-state index contributed by atoms with van der Waals surface area (Å²) in [6, 6.07) is 59.0. The van der Waals surface area contributed by atoms with Gasteiger partial charge in [-0.1, -0.05) is 97.1 Å². The van der Waals surface area contributed by atoms with Gasteiger partial charge in [-0.05, 0) is 99.4 Å². The Morgan fingerprint density at radius 1 is 0.404 bits per heavy atom. The molecule has 0 aliphatic carbocycles. The number of fused-ring (bicyclic) bond motifs is 10. The molecular weight excluding hydrogens is 591 g/mol. The number of furan rings is 1. The summed E-state index contributed by atoms with van der Waals surface area (Å²) in [4.78, 5) is 2.35. The number of benzene rings is 8. The Morgan fingerprint density at radius 2 is 1.09 bits per heavy atom. The van der Waals surface area contributed by atoms with Gasteiger partial charge in [0.2, 0.25) is 0 Å². The molecule has 2 aromatic heterocycles. The zero-order chi connectivity index (χ0) is 30.9. The van der Waals surface area contributed by atoms with Crippen LogP contribution in [0.2, 0.25) is 0 Å². The Balaban J connectivity index is 1.14. The van der Waals surface area contributed by atoms with Gasteiger partial charge in [0.25, 0.3) is 0 Å². The van der Waals surface area contributed by atoms with E-state index in [1.807, 2.05) is 11.3 Å². The number of thiophene rings is 1. The average molecular weight is 618 g/mol. The van der Waals surface area contributed by atoms with E-state index in [1.54, 1.807) is 0 Å². The van der Waals surface area contributed by atoms with E-state index in [0.29, 0.717) is 0 Å². The third-order valence-corrected chi connectivity index (χ3v) is 10.6. The summed E-state index contributed by atoms with van der Waals surface area (Å²) in [5.41, 5.74) is 7.65. The van der Waals surface area contributed by atoms with E-state index < -0.39 is 0 Å². The number of hydrogen-bond donors (Lipinski definition) is 0. The zero-order valence-corrected chi connectivity index (χ0v) is 26.2.